The molecule has 2 aromatic rings. The lowest BCUT2D eigenvalue weighted by atomic mass is 9.64. The molecular formula is C37H46ClN3O5S. The first kappa shape index (κ1) is 33.9. The van der Waals surface area contributed by atoms with Crippen LogP contribution in [0.4, 0.5) is 5.69 Å². The van der Waals surface area contributed by atoms with Gasteiger partial charge < -0.3 is 14.7 Å². The Morgan fingerprint density at radius 1 is 1.17 bits per heavy atom. The number of rotatable bonds is 1. The maximum atomic E-state index is 13.5. The fourth-order valence-corrected chi connectivity index (χ4v) is 9.22. The fraction of sp³-hybridized carbons (Fsp3) is 0.541. The van der Waals surface area contributed by atoms with Gasteiger partial charge in [-0.25, -0.2) is 13.1 Å². The largest absolute Gasteiger partial charge is 0.490 e. The predicted molar refractivity (Wildman–Crippen MR) is 186 cm³/mol. The maximum Gasteiger partial charge on any atom is 0.264 e. The number of anilines is 1. The summed E-state index contributed by atoms with van der Waals surface area (Å²) in [5.74, 6) is 6.11. The number of allylic oxidation sites excluding steroid dienone is 1. The van der Waals surface area contributed by atoms with E-state index in [0.29, 0.717) is 38.4 Å². The minimum atomic E-state index is -3.98. The number of hydrogen-bond acceptors (Lipinski definition) is 7. The second kappa shape index (κ2) is 13.1. The van der Waals surface area contributed by atoms with Crippen LogP contribution in [0, 0.1) is 29.6 Å². The summed E-state index contributed by atoms with van der Waals surface area (Å²) in [6.45, 7) is 5.73. The van der Waals surface area contributed by atoms with Gasteiger partial charge in [-0.3, -0.25) is 9.69 Å². The van der Waals surface area contributed by atoms with E-state index in [1.165, 1.54) is 11.1 Å². The van der Waals surface area contributed by atoms with Gasteiger partial charge in [0.05, 0.1) is 24.1 Å². The molecule has 8 nitrogen and oxygen atoms in total. The molecule has 10 heteroatoms. The second-order valence-electron chi connectivity index (χ2n) is 14.4. The average molecular weight is 680 g/mol. The summed E-state index contributed by atoms with van der Waals surface area (Å²) in [5, 5.41) is 12.1. The molecule has 1 fully saturated rings. The molecule has 2 aromatic carbocycles. The first-order valence-corrected chi connectivity index (χ1v) is 18.6. The second-order valence-corrected chi connectivity index (χ2v) is 16.9. The van der Waals surface area contributed by atoms with Crippen molar-refractivity contribution in [2.45, 2.75) is 68.6 Å². The van der Waals surface area contributed by atoms with Crippen LogP contribution in [-0.2, 0) is 21.9 Å². The molecule has 1 amide bonds. The smallest absolute Gasteiger partial charge is 0.264 e. The van der Waals surface area contributed by atoms with E-state index >= 15 is 0 Å². The molecule has 0 unspecified atom stereocenters. The number of hydrogen-bond donors (Lipinski definition) is 2. The summed E-state index contributed by atoms with van der Waals surface area (Å²) >= 11 is 6.43. The lowest BCUT2D eigenvalue weighted by Crippen LogP contribution is -2.52. The van der Waals surface area contributed by atoms with Crippen molar-refractivity contribution in [3.8, 4) is 17.6 Å². The number of fused-ring (bicyclic) bond motifs is 4. The summed E-state index contributed by atoms with van der Waals surface area (Å²) in [6, 6.07) is 11.3. The molecule has 1 saturated carbocycles. The van der Waals surface area contributed by atoms with Gasteiger partial charge in [0.25, 0.3) is 5.91 Å². The van der Waals surface area contributed by atoms with E-state index < -0.39 is 26.8 Å². The highest BCUT2D eigenvalue weighted by atomic mass is 35.5. The maximum absolute atomic E-state index is 13.5. The van der Waals surface area contributed by atoms with Gasteiger partial charge in [0.1, 0.15) is 11.4 Å². The topological polar surface area (TPSA) is 99.2 Å². The van der Waals surface area contributed by atoms with Crippen molar-refractivity contribution in [2.75, 3.05) is 45.2 Å². The third kappa shape index (κ3) is 6.80. The van der Waals surface area contributed by atoms with E-state index in [4.69, 9.17) is 16.3 Å². The highest BCUT2D eigenvalue weighted by Crippen LogP contribution is 2.48. The SMILES string of the molecule is C[C@@H]1[C@@H](C)C/C=C/[C@](O)(C#CCN(C)C)[C@@H]2CC[C@H]2CN2C[C@@]3(CCCc4cc(Cl)ccc43)COc3ccc(cc32)C(=O)NS1(=O)=O. The molecule has 0 aromatic heterocycles. The number of ether oxygens (including phenoxy) is 1. The zero-order valence-electron chi connectivity index (χ0n) is 27.8. The molecule has 4 aliphatic rings. The Morgan fingerprint density at radius 2 is 1.98 bits per heavy atom. The fourth-order valence-electron chi connectivity index (χ4n) is 7.74. The average Bonchev–Trinajstić information content (AvgIpc) is 3.14. The zero-order chi connectivity index (χ0) is 33.6. The summed E-state index contributed by atoms with van der Waals surface area (Å²) in [4.78, 5) is 17.7. The predicted octanol–water partition coefficient (Wildman–Crippen LogP) is 5.18. The monoisotopic (exact) mass is 679 g/mol. The van der Waals surface area contributed by atoms with Crippen molar-refractivity contribution in [3.63, 3.8) is 0 Å². The third-order valence-corrected chi connectivity index (χ3v) is 13.0. The molecule has 2 bridgehead atoms. The van der Waals surface area contributed by atoms with Gasteiger partial charge in [-0.15, -0.1) is 0 Å². The summed E-state index contributed by atoms with van der Waals surface area (Å²) in [6.07, 6.45) is 8.72. The van der Waals surface area contributed by atoms with Crippen LogP contribution in [0.2, 0.25) is 5.02 Å². The number of carbonyl (C=O) groups excluding carboxylic acids is 1. The molecule has 2 heterocycles. The summed E-state index contributed by atoms with van der Waals surface area (Å²) in [7, 11) is -0.0892. The number of carbonyl (C=O) groups is 1. The molecule has 2 N–H and O–H groups in total. The molecule has 6 rings (SSSR count). The number of aliphatic hydroxyl groups is 1. The number of nitrogens with zero attached hydrogens (tertiary/aromatic N) is 2. The molecular weight excluding hydrogens is 634 g/mol. The van der Waals surface area contributed by atoms with Gasteiger partial charge in [-0.05, 0) is 119 Å². The van der Waals surface area contributed by atoms with Crippen LogP contribution in [0.1, 0.15) is 67.4 Å². The Hall–Kier alpha value is -3.03. The summed E-state index contributed by atoms with van der Waals surface area (Å²) in [5.41, 5.74) is 1.82. The number of benzene rings is 2. The van der Waals surface area contributed by atoms with Crippen LogP contribution >= 0.6 is 11.6 Å². The molecule has 2 aliphatic heterocycles. The zero-order valence-corrected chi connectivity index (χ0v) is 29.3. The molecule has 0 saturated heterocycles. The van der Waals surface area contributed by atoms with Gasteiger partial charge in [-0.2, -0.15) is 0 Å². The Balaban J connectivity index is 1.45. The number of halogens is 1. The van der Waals surface area contributed by atoms with Crippen molar-refractivity contribution < 1.29 is 23.1 Å². The Labute approximate surface area is 284 Å². The van der Waals surface area contributed by atoms with Gasteiger partial charge in [0.2, 0.25) is 10.0 Å². The van der Waals surface area contributed by atoms with E-state index in [-0.39, 0.29) is 28.7 Å². The van der Waals surface area contributed by atoms with E-state index in [1.807, 2.05) is 38.1 Å². The standard InChI is InChI=1S/C37H46ClN3O5S/c1-25-8-5-17-37(43,18-7-19-40(3)4)32-13-10-29(32)22-41-23-36(16-6-9-27-20-30(38)12-14-31(27)36)24-46-34-15-11-28(21-33(34)41)35(42)39-47(44,45)26(25)2/h5,11-12,14-15,17,20-21,25-26,29,32,43H,6,8-10,13,16,19,22-24H2,1-4H3,(H,39,42)/b17-5+/t25-,26+,29-,32+,36-,37-/m0/s1. The van der Waals surface area contributed by atoms with Gasteiger partial charge in [0, 0.05) is 35.0 Å². The first-order valence-electron chi connectivity index (χ1n) is 16.7. The Kier molecular flexibility index (Phi) is 9.45. The van der Waals surface area contributed by atoms with E-state index in [1.54, 1.807) is 31.2 Å². The van der Waals surface area contributed by atoms with Gasteiger partial charge in [-0.1, -0.05) is 42.5 Å². The van der Waals surface area contributed by atoms with Crippen molar-refractivity contribution in [1.82, 2.24) is 9.62 Å². The highest BCUT2D eigenvalue weighted by Gasteiger charge is 2.47. The molecule has 0 radical (unpaired) electrons. The molecule has 252 valence electrons. The van der Waals surface area contributed by atoms with Crippen LogP contribution in [0.25, 0.3) is 0 Å². The molecule has 47 heavy (non-hydrogen) atoms. The van der Waals surface area contributed by atoms with Crippen molar-refractivity contribution >= 4 is 33.2 Å². The lowest BCUT2D eigenvalue weighted by molar-refractivity contribution is -0.00327. The molecule has 1 spiro atoms. The van der Waals surface area contributed by atoms with Crippen molar-refractivity contribution in [3.05, 3.63) is 70.3 Å². The molecule has 2 aliphatic carbocycles. The van der Waals surface area contributed by atoms with Crippen LogP contribution in [-0.4, -0.2) is 75.5 Å². The van der Waals surface area contributed by atoms with E-state index in [0.717, 1.165) is 42.8 Å². The number of aryl methyl sites for hydroxylation is 1. The number of nitrogens with one attached hydrogen (secondary N) is 1. The Morgan fingerprint density at radius 3 is 2.72 bits per heavy atom. The Bertz CT molecular complexity index is 1730. The minimum Gasteiger partial charge on any atom is -0.490 e. The van der Waals surface area contributed by atoms with Crippen LogP contribution < -0.4 is 14.4 Å². The first-order chi connectivity index (χ1) is 22.3. The van der Waals surface area contributed by atoms with Crippen molar-refractivity contribution in [1.29, 1.82) is 0 Å². The van der Waals surface area contributed by atoms with Gasteiger partial charge >= 0.3 is 0 Å². The van der Waals surface area contributed by atoms with E-state index in [9.17, 15) is 18.3 Å². The van der Waals surface area contributed by atoms with Crippen LogP contribution in [0.5, 0.6) is 5.75 Å². The summed E-state index contributed by atoms with van der Waals surface area (Å²) < 4.78 is 35.6. The number of sulfonamides is 1. The molecule has 6 atom stereocenters. The third-order valence-electron chi connectivity index (χ3n) is 10.8. The van der Waals surface area contributed by atoms with Crippen molar-refractivity contribution in [2.24, 2.45) is 17.8 Å². The normalized spacial score (nSPS) is 32.4. The van der Waals surface area contributed by atoms with Crippen LogP contribution in [0.3, 0.4) is 0 Å². The lowest BCUT2D eigenvalue weighted by Gasteiger charge is -2.47. The minimum absolute atomic E-state index is 0.106. The van der Waals surface area contributed by atoms with Gasteiger partial charge in [0.15, 0.2) is 0 Å². The number of amides is 1. The quantitative estimate of drug-likeness (QED) is 0.317. The highest BCUT2D eigenvalue weighted by molar-refractivity contribution is 7.90. The van der Waals surface area contributed by atoms with E-state index in [2.05, 4.69) is 33.6 Å². The van der Waals surface area contributed by atoms with Crippen LogP contribution in [0.15, 0.2) is 48.6 Å².